The van der Waals surface area contributed by atoms with E-state index in [1.54, 1.807) is 11.3 Å². The van der Waals surface area contributed by atoms with Gasteiger partial charge < -0.3 is 4.74 Å². The average molecular weight is 227 g/mol. The Hall–Kier alpha value is -0.900. The van der Waals surface area contributed by atoms with Gasteiger partial charge in [-0.3, -0.25) is 4.79 Å². The van der Waals surface area contributed by atoms with Gasteiger partial charge in [0.1, 0.15) is 0 Å². The SMILES string of the molecule is CCCc1csc(CCCC(=O)OC)n1. The number of hydrogen-bond acceptors (Lipinski definition) is 4. The van der Waals surface area contributed by atoms with E-state index < -0.39 is 0 Å². The molecule has 0 radical (unpaired) electrons. The third-order valence-corrected chi connectivity index (χ3v) is 3.06. The van der Waals surface area contributed by atoms with E-state index in [0.29, 0.717) is 6.42 Å². The molecule has 0 aromatic carbocycles. The van der Waals surface area contributed by atoms with Crippen molar-refractivity contribution in [3.05, 3.63) is 16.1 Å². The summed E-state index contributed by atoms with van der Waals surface area (Å²) in [6, 6.07) is 0. The van der Waals surface area contributed by atoms with Gasteiger partial charge in [0.2, 0.25) is 0 Å². The zero-order valence-electron chi connectivity index (χ0n) is 9.28. The van der Waals surface area contributed by atoms with Crippen LogP contribution in [0.25, 0.3) is 0 Å². The topological polar surface area (TPSA) is 39.2 Å². The van der Waals surface area contributed by atoms with Crippen LogP contribution in [0.2, 0.25) is 0 Å². The van der Waals surface area contributed by atoms with Crippen molar-refractivity contribution in [3.63, 3.8) is 0 Å². The number of carbonyl (C=O) groups excluding carboxylic acids is 1. The number of esters is 1. The highest BCUT2D eigenvalue weighted by Crippen LogP contribution is 2.13. The molecule has 0 unspecified atom stereocenters. The van der Waals surface area contributed by atoms with Gasteiger partial charge in [0, 0.05) is 11.8 Å². The van der Waals surface area contributed by atoms with Crippen molar-refractivity contribution in [1.29, 1.82) is 0 Å². The molecule has 84 valence electrons. The molecule has 1 aromatic rings. The summed E-state index contributed by atoms with van der Waals surface area (Å²) in [5.41, 5.74) is 1.18. The Kier molecular flexibility index (Phi) is 5.32. The molecule has 0 aliphatic carbocycles. The van der Waals surface area contributed by atoms with Crippen LogP contribution in [0.15, 0.2) is 5.38 Å². The van der Waals surface area contributed by atoms with Crippen LogP contribution in [0.5, 0.6) is 0 Å². The van der Waals surface area contributed by atoms with E-state index in [0.717, 1.165) is 30.7 Å². The van der Waals surface area contributed by atoms with Gasteiger partial charge >= 0.3 is 5.97 Å². The maximum atomic E-state index is 10.9. The number of aromatic nitrogens is 1. The molecule has 15 heavy (non-hydrogen) atoms. The quantitative estimate of drug-likeness (QED) is 0.701. The van der Waals surface area contributed by atoms with Crippen molar-refractivity contribution in [3.8, 4) is 0 Å². The van der Waals surface area contributed by atoms with Gasteiger partial charge in [0.05, 0.1) is 17.8 Å². The summed E-state index contributed by atoms with van der Waals surface area (Å²) in [4.78, 5) is 15.4. The van der Waals surface area contributed by atoms with Crippen LogP contribution >= 0.6 is 11.3 Å². The second kappa shape index (κ2) is 6.56. The summed E-state index contributed by atoms with van der Waals surface area (Å²) in [6.45, 7) is 2.15. The molecule has 0 atom stereocenters. The molecular weight excluding hydrogens is 210 g/mol. The molecule has 0 amide bonds. The Balaban J connectivity index is 2.28. The van der Waals surface area contributed by atoms with E-state index >= 15 is 0 Å². The molecule has 0 aliphatic rings. The zero-order valence-corrected chi connectivity index (χ0v) is 10.1. The molecule has 4 heteroatoms. The summed E-state index contributed by atoms with van der Waals surface area (Å²) in [6.07, 6.45) is 4.37. The number of rotatable bonds is 6. The van der Waals surface area contributed by atoms with Crippen molar-refractivity contribution in [1.82, 2.24) is 4.98 Å². The first-order chi connectivity index (χ1) is 7.26. The monoisotopic (exact) mass is 227 g/mol. The summed E-state index contributed by atoms with van der Waals surface area (Å²) in [5.74, 6) is -0.139. The first kappa shape index (κ1) is 12.2. The molecule has 1 aromatic heterocycles. The lowest BCUT2D eigenvalue weighted by Crippen LogP contribution is -2.00. The fourth-order valence-electron chi connectivity index (χ4n) is 1.32. The van der Waals surface area contributed by atoms with Crippen LogP contribution in [0.1, 0.15) is 36.9 Å². The minimum Gasteiger partial charge on any atom is -0.469 e. The van der Waals surface area contributed by atoms with Gasteiger partial charge in [-0.15, -0.1) is 11.3 Å². The molecule has 0 saturated carbocycles. The summed E-state index contributed by atoms with van der Waals surface area (Å²) >= 11 is 1.69. The highest BCUT2D eigenvalue weighted by Gasteiger charge is 2.04. The second-order valence-corrected chi connectivity index (χ2v) is 4.35. The third kappa shape index (κ3) is 4.42. The van der Waals surface area contributed by atoms with Gasteiger partial charge in [-0.1, -0.05) is 13.3 Å². The van der Waals surface area contributed by atoms with E-state index in [1.165, 1.54) is 12.8 Å². The van der Waals surface area contributed by atoms with Crippen LogP contribution in [-0.2, 0) is 22.4 Å². The van der Waals surface area contributed by atoms with Gasteiger partial charge in [0.15, 0.2) is 0 Å². The largest absolute Gasteiger partial charge is 0.469 e. The molecule has 0 saturated heterocycles. The molecule has 3 nitrogen and oxygen atoms in total. The van der Waals surface area contributed by atoms with E-state index in [-0.39, 0.29) is 5.97 Å². The predicted molar refractivity (Wildman–Crippen MR) is 61.1 cm³/mol. The number of nitrogens with zero attached hydrogens (tertiary/aromatic N) is 1. The number of hydrogen-bond donors (Lipinski definition) is 0. The first-order valence-corrected chi connectivity index (χ1v) is 6.14. The lowest BCUT2D eigenvalue weighted by Gasteiger charge is -1.96. The summed E-state index contributed by atoms with van der Waals surface area (Å²) in [5, 5.41) is 3.24. The van der Waals surface area contributed by atoms with Crippen molar-refractivity contribution in [2.45, 2.75) is 39.0 Å². The van der Waals surface area contributed by atoms with Gasteiger partial charge in [0.25, 0.3) is 0 Å². The molecule has 1 heterocycles. The van der Waals surface area contributed by atoms with E-state index in [9.17, 15) is 4.79 Å². The third-order valence-electron chi connectivity index (χ3n) is 2.10. The smallest absolute Gasteiger partial charge is 0.305 e. The number of thiazole rings is 1. The summed E-state index contributed by atoms with van der Waals surface area (Å²) < 4.78 is 4.58. The molecule has 1 rings (SSSR count). The standard InChI is InChI=1S/C11H17NO2S/c1-3-5-9-8-15-10(12-9)6-4-7-11(13)14-2/h8H,3-7H2,1-2H3. The maximum Gasteiger partial charge on any atom is 0.305 e. The Morgan fingerprint density at radius 3 is 3.00 bits per heavy atom. The zero-order chi connectivity index (χ0) is 11.1. The minimum absolute atomic E-state index is 0.139. The highest BCUT2D eigenvalue weighted by molar-refractivity contribution is 7.09. The Morgan fingerprint density at radius 1 is 1.53 bits per heavy atom. The average Bonchev–Trinajstić information content (AvgIpc) is 2.66. The van der Waals surface area contributed by atoms with Crippen molar-refractivity contribution >= 4 is 17.3 Å². The lowest BCUT2D eigenvalue weighted by atomic mass is 10.2. The van der Waals surface area contributed by atoms with Gasteiger partial charge in [-0.05, 0) is 19.3 Å². The van der Waals surface area contributed by atoms with E-state index in [2.05, 4.69) is 22.0 Å². The fraction of sp³-hybridized carbons (Fsp3) is 0.636. The van der Waals surface area contributed by atoms with Crippen molar-refractivity contribution in [2.75, 3.05) is 7.11 Å². The van der Waals surface area contributed by atoms with Crippen LogP contribution in [0, 0.1) is 0 Å². The number of aryl methyl sites for hydroxylation is 2. The Morgan fingerprint density at radius 2 is 2.33 bits per heavy atom. The molecule has 0 bridgehead atoms. The normalized spacial score (nSPS) is 10.3. The van der Waals surface area contributed by atoms with Crippen LogP contribution in [-0.4, -0.2) is 18.1 Å². The number of methoxy groups -OCH3 is 1. The van der Waals surface area contributed by atoms with Gasteiger partial charge in [-0.25, -0.2) is 4.98 Å². The maximum absolute atomic E-state index is 10.9. The molecular formula is C11H17NO2S. The Bertz CT molecular complexity index is 309. The molecule has 0 N–H and O–H groups in total. The highest BCUT2D eigenvalue weighted by atomic mass is 32.1. The van der Waals surface area contributed by atoms with Crippen molar-refractivity contribution < 1.29 is 9.53 Å². The van der Waals surface area contributed by atoms with Crippen molar-refractivity contribution in [2.24, 2.45) is 0 Å². The minimum atomic E-state index is -0.139. The fourth-order valence-corrected chi connectivity index (χ4v) is 2.20. The van der Waals surface area contributed by atoms with Crippen LogP contribution in [0.4, 0.5) is 0 Å². The predicted octanol–water partition coefficient (Wildman–Crippen LogP) is 2.59. The first-order valence-electron chi connectivity index (χ1n) is 5.26. The molecule has 0 aliphatic heterocycles. The number of ether oxygens (including phenoxy) is 1. The lowest BCUT2D eigenvalue weighted by molar-refractivity contribution is -0.140. The van der Waals surface area contributed by atoms with E-state index in [1.807, 2.05) is 0 Å². The van der Waals surface area contributed by atoms with Crippen LogP contribution in [0.3, 0.4) is 0 Å². The molecule has 0 spiro atoms. The van der Waals surface area contributed by atoms with Crippen LogP contribution < -0.4 is 0 Å². The van der Waals surface area contributed by atoms with Gasteiger partial charge in [-0.2, -0.15) is 0 Å². The number of carbonyl (C=O) groups is 1. The molecule has 0 fully saturated rings. The Labute approximate surface area is 94.5 Å². The van der Waals surface area contributed by atoms with E-state index in [4.69, 9.17) is 0 Å². The summed E-state index contributed by atoms with van der Waals surface area (Å²) in [7, 11) is 1.42. The second-order valence-electron chi connectivity index (χ2n) is 3.41.